The zero-order valence-corrected chi connectivity index (χ0v) is 11.4. The van der Waals surface area contributed by atoms with Crippen molar-refractivity contribution in [1.29, 1.82) is 0 Å². The zero-order valence-electron chi connectivity index (χ0n) is 10.7. The molecule has 0 saturated heterocycles. The number of hydrogen-bond donors (Lipinski definition) is 2. The fourth-order valence-corrected chi connectivity index (χ4v) is 1.85. The van der Waals surface area contributed by atoms with E-state index in [9.17, 15) is 9.18 Å². The lowest BCUT2D eigenvalue weighted by Crippen LogP contribution is -2.16. The van der Waals surface area contributed by atoms with Crippen molar-refractivity contribution in [3.05, 3.63) is 52.2 Å². The summed E-state index contributed by atoms with van der Waals surface area (Å²) in [5.41, 5.74) is 7.04. The van der Waals surface area contributed by atoms with Crippen molar-refractivity contribution in [3.63, 3.8) is 0 Å². The third kappa shape index (κ3) is 3.21. The number of aryl methyl sites for hydroxylation is 1. The van der Waals surface area contributed by atoms with Crippen molar-refractivity contribution in [3.8, 4) is 0 Å². The number of primary amides is 1. The number of benzene rings is 1. The Morgan fingerprint density at radius 3 is 2.90 bits per heavy atom. The average molecular weight is 295 g/mol. The SMILES string of the molecule is Cc1cc(F)ccc1CNc1nc(Cl)ncc1C(N)=O. The van der Waals surface area contributed by atoms with E-state index >= 15 is 0 Å². The van der Waals surface area contributed by atoms with Gasteiger partial charge >= 0.3 is 0 Å². The number of nitrogens with zero attached hydrogens (tertiary/aromatic N) is 2. The topological polar surface area (TPSA) is 80.9 Å². The molecule has 104 valence electrons. The first-order valence-electron chi connectivity index (χ1n) is 5.78. The fourth-order valence-electron chi connectivity index (χ4n) is 1.71. The minimum atomic E-state index is -0.653. The van der Waals surface area contributed by atoms with Crippen LogP contribution in [0.5, 0.6) is 0 Å². The van der Waals surface area contributed by atoms with Crippen LogP contribution in [0.25, 0.3) is 0 Å². The summed E-state index contributed by atoms with van der Waals surface area (Å²) >= 11 is 5.69. The standard InChI is InChI=1S/C13H12ClFN4O/c1-7-4-9(15)3-2-8(7)5-17-12-10(11(16)20)6-18-13(14)19-12/h2-4,6H,5H2,1H3,(H2,16,20)(H,17,18,19). The van der Waals surface area contributed by atoms with E-state index in [4.69, 9.17) is 17.3 Å². The molecule has 0 fully saturated rings. The van der Waals surface area contributed by atoms with E-state index in [1.54, 1.807) is 13.0 Å². The van der Waals surface area contributed by atoms with Crippen molar-refractivity contribution in [2.45, 2.75) is 13.5 Å². The Kier molecular flexibility index (Phi) is 4.14. The van der Waals surface area contributed by atoms with E-state index < -0.39 is 5.91 Å². The van der Waals surface area contributed by atoms with Gasteiger partial charge < -0.3 is 11.1 Å². The number of amides is 1. The van der Waals surface area contributed by atoms with Crippen LogP contribution in [0.15, 0.2) is 24.4 Å². The van der Waals surface area contributed by atoms with E-state index in [-0.39, 0.29) is 22.5 Å². The number of anilines is 1. The maximum atomic E-state index is 13.0. The predicted molar refractivity (Wildman–Crippen MR) is 74.0 cm³/mol. The van der Waals surface area contributed by atoms with Crippen molar-refractivity contribution >= 4 is 23.3 Å². The molecular formula is C13H12ClFN4O. The first-order valence-corrected chi connectivity index (χ1v) is 6.16. The van der Waals surface area contributed by atoms with E-state index in [1.807, 2.05) is 0 Å². The Bertz CT molecular complexity index is 663. The van der Waals surface area contributed by atoms with Gasteiger partial charge in [0.1, 0.15) is 11.6 Å². The van der Waals surface area contributed by atoms with Crippen LogP contribution >= 0.6 is 11.6 Å². The summed E-state index contributed by atoms with van der Waals surface area (Å²) in [4.78, 5) is 18.9. The number of aromatic nitrogens is 2. The summed E-state index contributed by atoms with van der Waals surface area (Å²) < 4.78 is 13.0. The van der Waals surface area contributed by atoms with Crippen molar-refractivity contribution in [2.75, 3.05) is 5.32 Å². The molecule has 0 unspecified atom stereocenters. The highest BCUT2D eigenvalue weighted by molar-refractivity contribution is 6.28. The fraction of sp³-hybridized carbons (Fsp3) is 0.154. The quantitative estimate of drug-likeness (QED) is 0.848. The molecule has 20 heavy (non-hydrogen) atoms. The van der Waals surface area contributed by atoms with Gasteiger partial charge in [-0.3, -0.25) is 4.79 Å². The number of hydrogen-bond acceptors (Lipinski definition) is 4. The van der Waals surface area contributed by atoms with Crippen LogP contribution in [-0.4, -0.2) is 15.9 Å². The number of nitrogens with two attached hydrogens (primary N) is 1. The number of halogens is 2. The van der Waals surface area contributed by atoms with Gasteiger partial charge in [0.05, 0.1) is 5.56 Å². The molecule has 3 N–H and O–H groups in total. The molecule has 0 radical (unpaired) electrons. The minimum absolute atomic E-state index is 0.00771. The largest absolute Gasteiger partial charge is 0.365 e. The Morgan fingerprint density at radius 1 is 1.50 bits per heavy atom. The Hall–Kier alpha value is -2.21. The Morgan fingerprint density at radius 2 is 2.25 bits per heavy atom. The third-order valence-corrected chi connectivity index (χ3v) is 2.96. The van der Waals surface area contributed by atoms with Gasteiger partial charge in [0.25, 0.3) is 5.91 Å². The molecule has 1 aromatic carbocycles. The van der Waals surface area contributed by atoms with Crippen molar-refractivity contribution < 1.29 is 9.18 Å². The third-order valence-electron chi connectivity index (χ3n) is 2.78. The molecule has 1 aromatic heterocycles. The van der Waals surface area contributed by atoms with Crippen molar-refractivity contribution in [1.82, 2.24) is 9.97 Å². The van der Waals surface area contributed by atoms with Crippen LogP contribution in [0.2, 0.25) is 5.28 Å². The predicted octanol–water partition coefficient (Wildman–Crippen LogP) is 2.29. The molecule has 5 nitrogen and oxygen atoms in total. The molecular weight excluding hydrogens is 283 g/mol. The molecule has 2 rings (SSSR count). The second-order valence-electron chi connectivity index (χ2n) is 4.19. The summed E-state index contributed by atoms with van der Waals surface area (Å²) in [5.74, 6) is -0.699. The summed E-state index contributed by atoms with van der Waals surface area (Å²) in [6.07, 6.45) is 1.26. The van der Waals surface area contributed by atoms with E-state index in [0.717, 1.165) is 11.1 Å². The van der Waals surface area contributed by atoms with Crippen LogP contribution in [0.4, 0.5) is 10.2 Å². The summed E-state index contributed by atoms with van der Waals surface area (Å²) in [7, 11) is 0. The lowest BCUT2D eigenvalue weighted by molar-refractivity contribution is 0.100. The molecule has 2 aromatic rings. The molecule has 0 aliphatic heterocycles. The van der Waals surface area contributed by atoms with Crippen LogP contribution in [0.3, 0.4) is 0 Å². The van der Waals surface area contributed by atoms with Gasteiger partial charge in [0.15, 0.2) is 0 Å². The van der Waals surface area contributed by atoms with E-state index in [2.05, 4.69) is 15.3 Å². The van der Waals surface area contributed by atoms with Gasteiger partial charge in [0.2, 0.25) is 5.28 Å². The Balaban J connectivity index is 2.22. The lowest BCUT2D eigenvalue weighted by Gasteiger charge is -2.10. The maximum absolute atomic E-state index is 13.0. The van der Waals surface area contributed by atoms with Crippen molar-refractivity contribution in [2.24, 2.45) is 5.73 Å². The molecule has 0 aliphatic carbocycles. The first-order chi connectivity index (χ1) is 9.47. The van der Waals surface area contributed by atoms with Gasteiger partial charge in [-0.05, 0) is 41.8 Å². The van der Waals surface area contributed by atoms with Gasteiger partial charge in [-0.1, -0.05) is 6.07 Å². The molecule has 7 heteroatoms. The molecule has 1 amide bonds. The molecule has 0 spiro atoms. The highest BCUT2D eigenvalue weighted by Gasteiger charge is 2.11. The van der Waals surface area contributed by atoms with Crippen LogP contribution in [0, 0.1) is 12.7 Å². The molecule has 0 saturated carbocycles. The van der Waals surface area contributed by atoms with Crippen LogP contribution in [-0.2, 0) is 6.54 Å². The molecule has 0 atom stereocenters. The van der Waals surface area contributed by atoms with Crippen LogP contribution < -0.4 is 11.1 Å². The highest BCUT2D eigenvalue weighted by atomic mass is 35.5. The number of carbonyl (C=O) groups is 1. The van der Waals surface area contributed by atoms with E-state index in [1.165, 1.54) is 18.3 Å². The normalized spacial score (nSPS) is 10.3. The number of rotatable bonds is 4. The molecule has 0 aliphatic rings. The second kappa shape index (κ2) is 5.83. The second-order valence-corrected chi connectivity index (χ2v) is 4.53. The zero-order chi connectivity index (χ0) is 14.7. The maximum Gasteiger partial charge on any atom is 0.254 e. The summed E-state index contributed by atoms with van der Waals surface area (Å²) in [5, 5.41) is 2.96. The number of carbonyl (C=O) groups excluding carboxylic acids is 1. The van der Waals surface area contributed by atoms with Gasteiger partial charge in [-0.2, -0.15) is 4.98 Å². The highest BCUT2D eigenvalue weighted by Crippen LogP contribution is 2.16. The first kappa shape index (κ1) is 14.2. The summed E-state index contributed by atoms with van der Waals surface area (Å²) in [6.45, 7) is 2.15. The molecule has 1 heterocycles. The van der Waals surface area contributed by atoms with Crippen LogP contribution in [0.1, 0.15) is 21.5 Å². The monoisotopic (exact) mass is 294 g/mol. The minimum Gasteiger partial charge on any atom is -0.365 e. The van der Waals surface area contributed by atoms with Gasteiger partial charge in [-0.25, -0.2) is 9.37 Å². The van der Waals surface area contributed by atoms with Gasteiger partial charge in [0, 0.05) is 12.7 Å². The van der Waals surface area contributed by atoms with Gasteiger partial charge in [-0.15, -0.1) is 0 Å². The van der Waals surface area contributed by atoms with E-state index in [0.29, 0.717) is 6.54 Å². The smallest absolute Gasteiger partial charge is 0.254 e. The molecule has 0 bridgehead atoms. The number of nitrogens with one attached hydrogen (secondary N) is 1. The lowest BCUT2D eigenvalue weighted by atomic mass is 10.1. The Labute approximate surface area is 120 Å². The average Bonchev–Trinajstić information content (AvgIpc) is 2.37. The summed E-state index contributed by atoms with van der Waals surface area (Å²) in [6, 6.07) is 4.45.